The number of benzene rings is 1. The average Bonchev–Trinajstić information content (AvgIpc) is 3.32. The molecule has 12 heteroatoms. The molecule has 0 aliphatic heterocycles. The molecule has 2 aliphatic carbocycles. The van der Waals surface area contributed by atoms with Crippen molar-refractivity contribution in [1.82, 2.24) is 24.3 Å². The average molecular weight is 490 g/mol. The molecule has 2 aliphatic rings. The van der Waals surface area contributed by atoms with Crippen LogP contribution in [0.25, 0.3) is 16.6 Å². The summed E-state index contributed by atoms with van der Waals surface area (Å²) < 4.78 is 56.3. The first-order valence-electron chi connectivity index (χ1n) is 10.7. The monoisotopic (exact) mass is 490 g/mol. The molecule has 0 radical (unpaired) electrons. The second-order valence-corrected chi connectivity index (χ2v) is 9.79. The van der Waals surface area contributed by atoms with Gasteiger partial charge in [0, 0.05) is 17.8 Å². The van der Waals surface area contributed by atoms with Crippen molar-refractivity contribution in [2.75, 3.05) is 5.73 Å². The van der Waals surface area contributed by atoms with Crippen LogP contribution in [0, 0.1) is 5.82 Å². The molecule has 2 N–H and O–H groups in total. The molecule has 3 aromatic heterocycles. The Morgan fingerprint density at radius 2 is 1.91 bits per heavy atom. The number of aromatic nitrogens is 4. The summed E-state index contributed by atoms with van der Waals surface area (Å²) in [7, 11) is 0. The number of aryl methyl sites for hydroxylation is 1. The largest absolute Gasteiger partial charge is 0.382 e. The lowest BCUT2D eigenvalue weighted by Gasteiger charge is -2.30. The maximum absolute atomic E-state index is 15.2. The molecule has 7 nitrogen and oxygen atoms in total. The summed E-state index contributed by atoms with van der Waals surface area (Å²) in [6, 6.07) is 4.46. The van der Waals surface area contributed by atoms with Crippen molar-refractivity contribution in [3.63, 3.8) is 0 Å². The second-order valence-electron chi connectivity index (χ2n) is 8.56. The minimum Gasteiger partial charge on any atom is -0.382 e. The van der Waals surface area contributed by atoms with E-state index in [2.05, 4.69) is 15.0 Å². The minimum absolute atomic E-state index is 0.0933. The Bertz CT molecular complexity index is 1480. The van der Waals surface area contributed by atoms with Gasteiger partial charge in [0.1, 0.15) is 17.2 Å². The maximum Gasteiger partial charge on any atom is 0.257 e. The van der Waals surface area contributed by atoms with Gasteiger partial charge in [-0.25, -0.2) is 19.3 Å². The number of pyridine rings is 1. The van der Waals surface area contributed by atoms with Crippen LogP contribution in [-0.4, -0.2) is 36.2 Å². The first-order chi connectivity index (χ1) is 16.2. The van der Waals surface area contributed by atoms with E-state index < -0.39 is 34.0 Å². The zero-order valence-corrected chi connectivity index (χ0v) is 18.4. The smallest absolute Gasteiger partial charge is 0.257 e. The number of rotatable bonds is 4. The number of nitrogens with two attached hydrogens (primary N) is 1. The Morgan fingerprint density at radius 3 is 2.65 bits per heavy atom. The van der Waals surface area contributed by atoms with E-state index >= 15 is 4.39 Å². The topological polar surface area (TPSA) is 89.4 Å². The van der Waals surface area contributed by atoms with Crippen LogP contribution in [0.3, 0.4) is 0 Å². The number of imidazole rings is 1. The van der Waals surface area contributed by atoms with Gasteiger partial charge in [-0.3, -0.25) is 9.20 Å². The van der Waals surface area contributed by atoms with E-state index in [1.165, 1.54) is 30.7 Å². The molecule has 0 unspecified atom stereocenters. The summed E-state index contributed by atoms with van der Waals surface area (Å²) in [5.74, 6) is -1.05. The number of fused-ring (bicyclic) bond motifs is 4. The number of halogens is 4. The molecule has 0 saturated heterocycles. The molecule has 0 bridgehead atoms. The van der Waals surface area contributed by atoms with Crippen molar-refractivity contribution in [3.05, 3.63) is 59.4 Å². The number of nitrogen functional groups attached to an aromatic ring is 1. The van der Waals surface area contributed by atoms with Crippen LogP contribution >= 0.6 is 11.2 Å². The normalized spacial score (nSPS) is 18.4. The van der Waals surface area contributed by atoms with Crippen molar-refractivity contribution < 1.29 is 20.8 Å². The molecule has 4 aromatic rings. The molecule has 34 heavy (non-hydrogen) atoms. The summed E-state index contributed by atoms with van der Waals surface area (Å²) >= 11 is -5.43. The number of nitrogens with zero attached hydrogens (tertiary/aromatic N) is 5. The fourth-order valence-corrected chi connectivity index (χ4v) is 5.19. The lowest BCUT2D eigenvalue weighted by Crippen LogP contribution is -2.36. The number of anilines is 1. The second kappa shape index (κ2) is 7.29. The number of carbonyl (C=O) groups is 1. The zero-order chi connectivity index (χ0) is 23.8. The van der Waals surface area contributed by atoms with Gasteiger partial charge in [0.15, 0.2) is 5.03 Å². The molecule has 1 amide bonds. The SMILES string of the molecule is Nc1nc2cc(F)c(C(=O)N(C3CC3)[C@@H]3CCc4nc(S(F)(F)F)ccc43)cc2n2cncc12. The van der Waals surface area contributed by atoms with Crippen LogP contribution < -0.4 is 5.73 Å². The standard InChI is InChI=1S/C22H18F4N6OS/c23-14-8-16-18(31-10-28-9-19(31)21(27)30-16)7-13(14)22(33)32(11-1-2-11)17-5-4-15-12(17)3-6-20(29-15)34(24,25)26/h3,6-11,17H,1-2,4-5H2,(H2,27,30)/t17-/m1/s1. The van der Waals surface area contributed by atoms with Crippen molar-refractivity contribution in [3.8, 4) is 0 Å². The third-order valence-electron chi connectivity index (χ3n) is 6.44. The highest BCUT2D eigenvalue weighted by Crippen LogP contribution is 2.60. The van der Waals surface area contributed by atoms with E-state index in [1.54, 1.807) is 9.30 Å². The highest BCUT2D eigenvalue weighted by molar-refractivity contribution is 8.20. The molecule has 0 spiro atoms. The summed E-state index contributed by atoms with van der Waals surface area (Å²) in [6.07, 6.45) is 5.34. The molecular weight excluding hydrogens is 472 g/mol. The van der Waals surface area contributed by atoms with E-state index in [0.717, 1.165) is 18.9 Å². The van der Waals surface area contributed by atoms with E-state index in [4.69, 9.17) is 5.73 Å². The number of hydrogen-bond donors (Lipinski definition) is 1. The molecule has 6 rings (SSSR count). The summed E-state index contributed by atoms with van der Waals surface area (Å²) in [5.41, 5.74) is 8.06. The molecule has 1 atom stereocenters. The highest BCUT2D eigenvalue weighted by atomic mass is 32.3. The Kier molecular flexibility index (Phi) is 4.54. The van der Waals surface area contributed by atoms with Gasteiger partial charge in [0.05, 0.1) is 35.2 Å². The molecule has 1 aromatic carbocycles. The van der Waals surface area contributed by atoms with E-state index in [0.29, 0.717) is 35.1 Å². The van der Waals surface area contributed by atoms with Crippen LogP contribution in [0.2, 0.25) is 0 Å². The number of hydrogen-bond acceptors (Lipinski definition) is 5. The summed E-state index contributed by atoms with van der Waals surface area (Å²) in [6.45, 7) is 0. The molecular formula is C22H18F4N6OS. The van der Waals surface area contributed by atoms with E-state index in [9.17, 15) is 16.5 Å². The predicted molar refractivity (Wildman–Crippen MR) is 119 cm³/mol. The van der Waals surface area contributed by atoms with Gasteiger partial charge < -0.3 is 10.6 Å². The summed E-state index contributed by atoms with van der Waals surface area (Å²) in [4.78, 5) is 27.4. The fourth-order valence-electron chi connectivity index (χ4n) is 4.76. The van der Waals surface area contributed by atoms with E-state index in [1.807, 2.05) is 0 Å². The number of carbonyl (C=O) groups excluding carboxylic acids is 1. The zero-order valence-electron chi connectivity index (χ0n) is 17.6. The van der Waals surface area contributed by atoms with Crippen molar-refractivity contribution in [2.24, 2.45) is 0 Å². The minimum atomic E-state index is -5.43. The Labute approximate surface area is 192 Å². The molecule has 176 valence electrons. The van der Waals surface area contributed by atoms with Gasteiger partial charge in [0.25, 0.3) is 17.1 Å². The van der Waals surface area contributed by atoms with Gasteiger partial charge >= 0.3 is 0 Å². The molecule has 1 saturated carbocycles. The van der Waals surface area contributed by atoms with Crippen molar-refractivity contribution in [2.45, 2.75) is 42.8 Å². The lowest BCUT2D eigenvalue weighted by atomic mass is 10.1. The Hall–Kier alpha value is -3.41. The Balaban J connectivity index is 1.42. The molecule has 3 heterocycles. The van der Waals surface area contributed by atoms with Crippen LogP contribution in [-0.2, 0) is 6.42 Å². The maximum atomic E-state index is 15.2. The Morgan fingerprint density at radius 1 is 1.12 bits per heavy atom. The fraction of sp³-hybridized carbons (Fsp3) is 0.273. The number of amides is 1. The summed E-state index contributed by atoms with van der Waals surface area (Å²) in [5, 5.41) is -0.868. The quantitative estimate of drug-likeness (QED) is 0.402. The first-order valence-corrected chi connectivity index (χ1v) is 12.0. The van der Waals surface area contributed by atoms with Crippen LogP contribution in [0.15, 0.2) is 41.8 Å². The van der Waals surface area contributed by atoms with Gasteiger partial charge in [-0.05, 0) is 43.4 Å². The lowest BCUT2D eigenvalue weighted by molar-refractivity contribution is 0.0653. The van der Waals surface area contributed by atoms with E-state index in [-0.39, 0.29) is 22.9 Å². The van der Waals surface area contributed by atoms with Crippen molar-refractivity contribution >= 4 is 39.5 Å². The molecule has 1 fully saturated rings. The van der Waals surface area contributed by atoms with Gasteiger partial charge in [0.2, 0.25) is 0 Å². The van der Waals surface area contributed by atoms with Crippen LogP contribution in [0.4, 0.5) is 21.9 Å². The van der Waals surface area contributed by atoms with Gasteiger partial charge in [-0.2, -0.15) is 0 Å². The van der Waals surface area contributed by atoms with Crippen molar-refractivity contribution in [1.29, 1.82) is 0 Å². The third-order valence-corrected chi connectivity index (χ3v) is 7.14. The van der Waals surface area contributed by atoms with Gasteiger partial charge in [-0.1, -0.05) is 6.07 Å². The highest BCUT2D eigenvalue weighted by Gasteiger charge is 2.42. The van der Waals surface area contributed by atoms with Crippen LogP contribution in [0.1, 0.15) is 46.9 Å². The first kappa shape index (κ1) is 21.1. The van der Waals surface area contributed by atoms with Crippen LogP contribution in [0.5, 0.6) is 0 Å². The predicted octanol–water partition coefficient (Wildman–Crippen LogP) is 5.11. The third kappa shape index (κ3) is 3.27. The van der Waals surface area contributed by atoms with Gasteiger partial charge in [-0.15, -0.1) is 11.7 Å².